The van der Waals surface area contributed by atoms with E-state index < -0.39 is 0 Å². The van der Waals surface area contributed by atoms with E-state index in [0.717, 1.165) is 22.7 Å². The lowest BCUT2D eigenvalue weighted by atomic mass is 10.1. The first-order chi connectivity index (χ1) is 9.08. The molecule has 4 nitrogen and oxygen atoms in total. The molecule has 0 amide bonds. The van der Waals surface area contributed by atoms with Gasteiger partial charge in [-0.2, -0.15) is 0 Å². The van der Waals surface area contributed by atoms with Crippen LogP contribution in [0.15, 0.2) is 24.3 Å². The molecule has 108 valence electrons. The highest BCUT2D eigenvalue weighted by molar-refractivity contribution is 5.85. The predicted octanol–water partition coefficient (Wildman–Crippen LogP) is 2.86. The molecule has 2 N–H and O–H groups in total. The number of nitrogens with two attached hydrogens (primary N) is 1. The van der Waals surface area contributed by atoms with E-state index in [9.17, 15) is 0 Å². The highest BCUT2D eigenvalue weighted by atomic mass is 35.5. The summed E-state index contributed by atoms with van der Waals surface area (Å²) in [6, 6.07) is 7.99. The maximum Gasteiger partial charge on any atom is 0.166 e. The molecule has 1 heterocycles. The van der Waals surface area contributed by atoms with Crippen molar-refractivity contribution >= 4 is 12.4 Å². The van der Waals surface area contributed by atoms with Gasteiger partial charge < -0.3 is 10.5 Å². The van der Waals surface area contributed by atoms with Crippen molar-refractivity contribution in [2.75, 3.05) is 0 Å². The lowest BCUT2D eigenvalue weighted by Crippen LogP contribution is -2.08. The Morgan fingerprint density at radius 3 is 2.50 bits per heavy atom. The summed E-state index contributed by atoms with van der Waals surface area (Å²) in [5.74, 6) is 1.53. The molecule has 0 aliphatic rings. The second-order valence-electron chi connectivity index (χ2n) is 4.68. The average Bonchev–Trinajstić information content (AvgIpc) is 2.37. The number of aryl methyl sites for hydroxylation is 3. The zero-order valence-corrected chi connectivity index (χ0v) is 12.8. The van der Waals surface area contributed by atoms with Crippen LogP contribution in [-0.4, -0.2) is 9.97 Å². The molecule has 0 bridgehead atoms. The maximum absolute atomic E-state index is 5.77. The maximum atomic E-state index is 5.77. The number of ether oxygens (including phenoxy) is 1. The van der Waals surface area contributed by atoms with E-state index in [1.165, 1.54) is 5.56 Å². The largest absolute Gasteiger partial charge is 0.485 e. The highest BCUT2D eigenvalue weighted by Crippen LogP contribution is 2.19. The molecule has 1 aromatic carbocycles. The number of halogens is 1. The second-order valence-corrected chi connectivity index (χ2v) is 4.68. The third-order valence-electron chi connectivity index (χ3n) is 2.85. The molecule has 0 aliphatic carbocycles. The first-order valence-electron chi connectivity index (χ1n) is 6.32. The summed E-state index contributed by atoms with van der Waals surface area (Å²) in [5, 5.41) is 0. The highest BCUT2D eigenvalue weighted by Gasteiger charge is 2.04. The van der Waals surface area contributed by atoms with Crippen LogP contribution >= 0.6 is 12.4 Å². The van der Waals surface area contributed by atoms with E-state index in [2.05, 4.69) is 23.0 Å². The zero-order valence-electron chi connectivity index (χ0n) is 12.0. The van der Waals surface area contributed by atoms with Crippen molar-refractivity contribution in [1.29, 1.82) is 0 Å². The van der Waals surface area contributed by atoms with E-state index in [1.54, 1.807) is 0 Å². The van der Waals surface area contributed by atoms with Crippen molar-refractivity contribution in [2.24, 2.45) is 5.73 Å². The number of aromatic nitrogens is 2. The van der Waals surface area contributed by atoms with Crippen LogP contribution in [0.1, 0.15) is 28.3 Å². The number of hydrogen-bond donors (Lipinski definition) is 1. The van der Waals surface area contributed by atoms with Crippen LogP contribution in [-0.2, 0) is 13.2 Å². The van der Waals surface area contributed by atoms with Crippen LogP contribution in [0, 0.1) is 20.8 Å². The fourth-order valence-corrected chi connectivity index (χ4v) is 1.97. The van der Waals surface area contributed by atoms with E-state index in [1.807, 2.05) is 32.0 Å². The number of hydrogen-bond acceptors (Lipinski definition) is 4. The van der Waals surface area contributed by atoms with Gasteiger partial charge in [0.15, 0.2) is 5.82 Å². The van der Waals surface area contributed by atoms with Crippen LogP contribution in [0.25, 0.3) is 0 Å². The monoisotopic (exact) mass is 293 g/mol. The predicted molar refractivity (Wildman–Crippen MR) is 82.2 cm³/mol. The second kappa shape index (κ2) is 7.22. The summed E-state index contributed by atoms with van der Waals surface area (Å²) in [4.78, 5) is 8.71. The Hall–Kier alpha value is -1.65. The van der Waals surface area contributed by atoms with Gasteiger partial charge >= 0.3 is 0 Å². The van der Waals surface area contributed by atoms with Crippen molar-refractivity contribution in [3.63, 3.8) is 0 Å². The van der Waals surface area contributed by atoms with Gasteiger partial charge in [-0.3, -0.25) is 0 Å². The Balaban J connectivity index is 0.00000200. The Kier molecular flexibility index (Phi) is 5.92. The fourth-order valence-electron chi connectivity index (χ4n) is 1.97. The standard InChI is InChI=1S/C15H19N3O.ClH/c1-10-4-5-14(11(2)6-10)19-9-15-17-12(3)7-13(8-16)18-15;/h4-7H,8-9,16H2,1-3H3;1H. The lowest BCUT2D eigenvalue weighted by Gasteiger charge is -2.10. The molecule has 0 fully saturated rings. The summed E-state index contributed by atoms with van der Waals surface area (Å²) in [7, 11) is 0. The first kappa shape index (κ1) is 16.4. The molecule has 0 unspecified atom stereocenters. The van der Waals surface area contributed by atoms with Crippen LogP contribution in [0.4, 0.5) is 0 Å². The Labute approximate surface area is 125 Å². The number of benzene rings is 1. The van der Waals surface area contributed by atoms with Crippen molar-refractivity contribution in [3.05, 3.63) is 52.6 Å². The van der Waals surface area contributed by atoms with Crippen LogP contribution in [0.5, 0.6) is 5.75 Å². The molecular formula is C15H20ClN3O. The minimum atomic E-state index is 0. The summed E-state index contributed by atoms with van der Waals surface area (Å²) in [6.07, 6.45) is 0. The molecule has 0 aliphatic heterocycles. The lowest BCUT2D eigenvalue weighted by molar-refractivity contribution is 0.293. The van der Waals surface area contributed by atoms with Crippen molar-refractivity contribution in [3.8, 4) is 5.75 Å². The van der Waals surface area contributed by atoms with E-state index in [0.29, 0.717) is 19.0 Å². The number of nitrogens with zero attached hydrogens (tertiary/aromatic N) is 2. The third kappa shape index (κ3) is 4.18. The molecule has 0 saturated carbocycles. The molecule has 0 atom stereocenters. The minimum absolute atomic E-state index is 0. The van der Waals surface area contributed by atoms with Gasteiger partial charge in [-0.15, -0.1) is 12.4 Å². The van der Waals surface area contributed by atoms with Gasteiger partial charge in [0.2, 0.25) is 0 Å². The van der Waals surface area contributed by atoms with Gasteiger partial charge in [0.25, 0.3) is 0 Å². The van der Waals surface area contributed by atoms with E-state index in [4.69, 9.17) is 10.5 Å². The molecule has 5 heteroatoms. The summed E-state index contributed by atoms with van der Waals surface area (Å²) in [5.41, 5.74) is 9.70. The van der Waals surface area contributed by atoms with Gasteiger partial charge in [0, 0.05) is 12.2 Å². The number of rotatable bonds is 4. The molecule has 0 saturated heterocycles. The smallest absolute Gasteiger partial charge is 0.166 e. The topological polar surface area (TPSA) is 61.0 Å². The summed E-state index contributed by atoms with van der Waals surface area (Å²) < 4.78 is 5.77. The van der Waals surface area contributed by atoms with Crippen LogP contribution < -0.4 is 10.5 Å². The van der Waals surface area contributed by atoms with Crippen molar-refractivity contribution in [1.82, 2.24) is 9.97 Å². The Bertz CT molecular complexity index is 587. The van der Waals surface area contributed by atoms with Crippen molar-refractivity contribution < 1.29 is 4.74 Å². The van der Waals surface area contributed by atoms with Crippen LogP contribution in [0.3, 0.4) is 0 Å². The quantitative estimate of drug-likeness (QED) is 0.941. The van der Waals surface area contributed by atoms with Crippen LogP contribution in [0.2, 0.25) is 0 Å². The molecule has 2 aromatic rings. The molecule has 2 rings (SSSR count). The molecule has 0 radical (unpaired) electrons. The fraction of sp³-hybridized carbons (Fsp3) is 0.333. The van der Waals surface area contributed by atoms with Gasteiger partial charge in [0.05, 0.1) is 5.69 Å². The SMILES string of the molecule is Cc1ccc(OCc2nc(C)cc(CN)n2)c(C)c1.Cl. The van der Waals surface area contributed by atoms with Gasteiger partial charge in [-0.1, -0.05) is 17.7 Å². The minimum Gasteiger partial charge on any atom is -0.485 e. The molecular weight excluding hydrogens is 274 g/mol. The normalized spacial score (nSPS) is 10.0. The van der Waals surface area contributed by atoms with Crippen molar-refractivity contribution in [2.45, 2.75) is 33.9 Å². The summed E-state index contributed by atoms with van der Waals surface area (Å²) in [6.45, 7) is 6.80. The first-order valence-corrected chi connectivity index (χ1v) is 6.32. The van der Waals surface area contributed by atoms with Gasteiger partial charge in [0.1, 0.15) is 12.4 Å². The van der Waals surface area contributed by atoms with E-state index in [-0.39, 0.29) is 12.4 Å². The average molecular weight is 294 g/mol. The molecule has 1 aromatic heterocycles. The summed E-state index contributed by atoms with van der Waals surface area (Å²) >= 11 is 0. The Morgan fingerprint density at radius 2 is 1.85 bits per heavy atom. The van der Waals surface area contributed by atoms with Gasteiger partial charge in [-0.25, -0.2) is 9.97 Å². The molecule has 0 spiro atoms. The zero-order chi connectivity index (χ0) is 13.8. The Morgan fingerprint density at radius 1 is 1.10 bits per heavy atom. The van der Waals surface area contributed by atoms with E-state index >= 15 is 0 Å². The third-order valence-corrected chi connectivity index (χ3v) is 2.85. The molecule has 20 heavy (non-hydrogen) atoms. The van der Waals surface area contributed by atoms with Gasteiger partial charge in [-0.05, 0) is 38.5 Å².